The number of nitrogens with zero attached hydrogens (tertiary/aromatic N) is 1. The predicted molar refractivity (Wildman–Crippen MR) is 71.3 cm³/mol. The Bertz CT molecular complexity index is 320. The normalized spacial score (nSPS) is 40.7. The molecule has 0 bridgehead atoms. The zero-order valence-electron chi connectivity index (χ0n) is 11.3. The molecule has 0 saturated carbocycles. The third-order valence-electron chi connectivity index (χ3n) is 5.00. The van der Waals surface area contributed by atoms with Gasteiger partial charge in [-0.05, 0) is 44.7 Å². The van der Waals surface area contributed by atoms with Crippen LogP contribution in [0.4, 0.5) is 0 Å². The van der Waals surface area contributed by atoms with E-state index in [4.69, 9.17) is 0 Å². The molecule has 3 saturated heterocycles. The van der Waals surface area contributed by atoms with Gasteiger partial charge in [-0.2, -0.15) is 0 Å². The van der Waals surface area contributed by atoms with Crippen molar-refractivity contribution in [3.8, 4) is 0 Å². The van der Waals surface area contributed by atoms with Gasteiger partial charge in [-0.15, -0.1) is 0 Å². The number of hydrogen-bond donors (Lipinski definition) is 2. The monoisotopic (exact) mass is 251 g/mol. The fraction of sp³-hybridized carbons (Fsp3) is 0.929. The molecule has 4 atom stereocenters. The first kappa shape index (κ1) is 12.4. The van der Waals surface area contributed by atoms with Gasteiger partial charge in [0.25, 0.3) is 0 Å². The molecule has 0 radical (unpaired) electrons. The van der Waals surface area contributed by atoms with Crippen LogP contribution in [0.1, 0.15) is 39.0 Å². The minimum atomic E-state index is 0.0441. The molecule has 0 spiro atoms. The first-order chi connectivity index (χ1) is 8.75. The number of carbonyl (C=O) groups excluding carboxylic acids is 1. The number of piperidine rings is 1. The van der Waals surface area contributed by atoms with E-state index in [0.29, 0.717) is 18.0 Å². The summed E-state index contributed by atoms with van der Waals surface area (Å²) in [6.45, 7) is 5.56. The molecular formula is C14H25N3O. The van der Waals surface area contributed by atoms with E-state index in [0.717, 1.165) is 19.4 Å². The molecule has 4 unspecified atom stereocenters. The molecule has 0 aliphatic carbocycles. The molecule has 3 fully saturated rings. The standard InChI is InChI=1S/C14H25N3O/c1-10-5-7-15-13(10)14(18)16-11-6-9-17-8-3-2-4-12(11)17/h10-13,15H,2-9H2,1H3,(H,16,18). The summed E-state index contributed by atoms with van der Waals surface area (Å²) >= 11 is 0. The Labute approximate surface area is 109 Å². The second kappa shape index (κ2) is 5.17. The summed E-state index contributed by atoms with van der Waals surface area (Å²) in [5.74, 6) is 0.714. The summed E-state index contributed by atoms with van der Waals surface area (Å²) in [4.78, 5) is 14.9. The number of fused-ring (bicyclic) bond motifs is 1. The third kappa shape index (κ3) is 2.28. The van der Waals surface area contributed by atoms with Crippen molar-refractivity contribution in [1.29, 1.82) is 0 Å². The molecule has 2 N–H and O–H groups in total. The first-order valence-electron chi connectivity index (χ1n) is 7.53. The Morgan fingerprint density at radius 2 is 2.11 bits per heavy atom. The Balaban J connectivity index is 1.57. The number of hydrogen-bond acceptors (Lipinski definition) is 3. The van der Waals surface area contributed by atoms with Crippen molar-refractivity contribution in [3.63, 3.8) is 0 Å². The van der Waals surface area contributed by atoms with Crippen molar-refractivity contribution in [2.75, 3.05) is 19.6 Å². The SMILES string of the molecule is CC1CCNC1C(=O)NC1CCN2CCCCC12. The highest BCUT2D eigenvalue weighted by Gasteiger charge is 2.38. The highest BCUT2D eigenvalue weighted by atomic mass is 16.2. The van der Waals surface area contributed by atoms with Gasteiger partial charge in [0.05, 0.1) is 6.04 Å². The molecule has 4 heteroatoms. The molecule has 3 rings (SSSR count). The van der Waals surface area contributed by atoms with Gasteiger partial charge in [-0.1, -0.05) is 13.3 Å². The number of amides is 1. The number of nitrogens with one attached hydrogen (secondary N) is 2. The summed E-state index contributed by atoms with van der Waals surface area (Å²) in [6, 6.07) is 1.05. The fourth-order valence-corrected chi connectivity index (χ4v) is 3.87. The lowest BCUT2D eigenvalue weighted by molar-refractivity contribution is -0.124. The topological polar surface area (TPSA) is 44.4 Å². The summed E-state index contributed by atoms with van der Waals surface area (Å²) in [5, 5.41) is 6.63. The molecule has 0 aromatic rings. The molecule has 3 aliphatic heterocycles. The highest BCUT2D eigenvalue weighted by Crippen LogP contribution is 2.27. The van der Waals surface area contributed by atoms with Crippen LogP contribution in [0.15, 0.2) is 0 Å². The minimum absolute atomic E-state index is 0.0441. The number of carbonyl (C=O) groups is 1. The van der Waals surface area contributed by atoms with Crippen molar-refractivity contribution >= 4 is 5.91 Å². The fourth-order valence-electron chi connectivity index (χ4n) is 3.87. The van der Waals surface area contributed by atoms with Crippen LogP contribution >= 0.6 is 0 Å². The van der Waals surface area contributed by atoms with Crippen LogP contribution in [0, 0.1) is 5.92 Å². The maximum atomic E-state index is 12.3. The summed E-state index contributed by atoms with van der Waals surface area (Å²) in [5.41, 5.74) is 0. The lowest BCUT2D eigenvalue weighted by Gasteiger charge is -2.33. The second-order valence-corrected chi connectivity index (χ2v) is 6.20. The van der Waals surface area contributed by atoms with E-state index in [2.05, 4.69) is 22.5 Å². The quantitative estimate of drug-likeness (QED) is 0.760. The largest absolute Gasteiger partial charge is 0.350 e. The van der Waals surface area contributed by atoms with Crippen molar-refractivity contribution < 1.29 is 4.79 Å². The van der Waals surface area contributed by atoms with E-state index in [9.17, 15) is 4.79 Å². The van der Waals surface area contributed by atoms with E-state index in [1.165, 1.54) is 32.4 Å². The second-order valence-electron chi connectivity index (χ2n) is 6.20. The van der Waals surface area contributed by atoms with E-state index >= 15 is 0 Å². The zero-order chi connectivity index (χ0) is 12.5. The lowest BCUT2D eigenvalue weighted by Crippen LogP contribution is -2.52. The van der Waals surface area contributed by atoms with Gasteiger partial charge in [-0.25, -0.2) is 0 Å². The lowest BCUT2D eigenvalue weighted by atomic mass is 9.97. The van der Waals surface area contributed by atoms with Gasteiger partial charge in [0, 0.05) is 18.6 Å². The third-order valence-corrected chi connectivity index (χ3v) is 5.00. The molecule has 1 amide bonds. The van der Waals surface area contributed by atoms with Gasteiger partial charge < -0.3 is 10.6 Å². The molecule has 0 aromatic heterocycles. The minimum Gasteiger partial charge on any atom is -0.350 e. The molecule has 0 aromatic carbocycles. The van der Waals surface area contributed by atoms with Gasteiger partial charge in [0.15, 0.2) is 0 Å². The Hall–Kier alpha value is -0.610. The molecule has 3 aliphatic rings. The zero-order valence-corrected chi connectivity index (χ0v) is 11.3. The molecular weight excluding hydrogens is 226 g/mol. The number of rotatable bonds is 2. The van der Waals surface area contributed by atoms with Crippen LogP contribution in [-0.4, -0.2) is 48.6 Å². The van der Waals surface area contributed by atoms with Gasteiger partial charge in [0.2, 0.25) is 5.91 Å². The van der Waals surface area contributed by atoms with Gasteiger partial charge >= 0.3 is 0 Å². The smallest absolute Gasteiger partial charge is 0.237 e. The first-order valence-corrected chi connectivity index (χ1v) is 7.53. The Morgan fingerprint density at radius 3 is 2.89 bits per heavy atom. The van der Waals surface area contributed by atoms with Gasteiger partial charge in [-0.3, -0.25) is 9.69 Å². The van der Waals surface area contributed by atoms with Crippen molar-refractivity contribution in [1.82, 2.24) is 15.5 Å². The average molecular weight is 251 g/mol. The van der Waals surface area contributed by atoms with Crippen molar-refractivity contribution in [3.05, 3.63) is 0 Å². The molecule has 18 heavy (non-hydrogen) atoms. The molecule has 4 nitrogen and oxygen atoms in total. The summed E-state index contributed by atoms with van der Waals surface area (Å²) < 4.78 is 0. The van der Waals surface area contributed by atoms with E-state index in [1.807, 2.05) is 0 Å². The van der Waals surface area contributed by atoms with Crippen LogP contribution in [0.3, 0.4) is 0 Å². The maximum Gasteiger partial charge on any atom is 0.237 e. The van der Waals surface area contributed by atoms with Crippen molar-refractivity contribution in [2.45, 2.75) is 57.2 Å². The van der Waals surface area contributed by atoms with Gasteiger partial charge in [0.1, 0.15) is 0 Å². The molecule has 102 valence electrons. The average Bonchev–Trinajstić information content (AvgIpc) is 2.97. The summed E-state index contributed by atoms with van der Waals surface area (Å²) in [7, 11) is 0. The Kier molecular flexibility index (Phi) is 3.57. The van der Waals surface area contributed by atoms with E-state index in [-0.39, 0.29) is 11.9 Å². The summed E-state index contributed by atoms with van der Waals surface area (Å²) in [6.07, 6.45) is 6.18. The van der Waals surface area contributed by atoms with Crippen LogP contribution < -0.4 is 10.6 Å². The van der Waals surface area contributed by atoms with Crippen LogP contribution in [0.2, 0.25) is 0 Å². The van der Waals surface area contributed by atoms with Crippen LogP contribution in [0.5, 0.6) is 0 Å². The van der Waals surface area contributed by atoms with Crippen molar-refractivity contribution in [2.24, 2.45) is 5.92 Å². The van der Waals surface area contributed by atoms with Crippen LogP contribution in [0.25, 0.3) is 0 Å². The van der Waals surface area contributed by atoms with Crippen LogP contribution in [-0.2, 0) is 4.79 Å². The molecule has 3 heterocycles. The maximum absolute atomic E-state index is 12.3. The predicted octanol–water partition coefficient (Wildman–Crippen LogP) is 0.727. The van der Waals surface area contributed by atoms with E-state index in [1.54, 1.807) is 0 Å². The van der Waals surface area contributed by atoms with E-state index < -0.39 is 0 Å². The highest BCUT2D eigenvalue weighted by molar-refractivity contribution is 5.82. The Morgan fingerprint density at radius 1 is 1.22 bits per heavy atom.